The van der Waals surface area contributed by atoms with Gasteiger partial charge in [0.15, 0.2) is 6.39 Å². The van der Waals surface area contributed by atoms with Crippen LogP contribution in [0.5, 0.6) is 0 Å². The highest BCUT2D eigenvalue weighted by Gasteiger charge is 2.36. The average molecular weight is 258 g/mol. The maximum Gasteiger partial charge on any atom is 0.285 e. The number of aromatic nitrogens is 1. The lowest BCUT2D eigenvalue weighted by Crippen LogP contribution is -2.29. The smallest absolute Gasteiger partial charge is 0.285 e. The van der Waals surface area contributed by atoms with Gasteiger partial charge >= 0.3 is 0 Å². The van der Waals surface area contributed by atoms with Gasteiger partial charge < -0.3 is 4.42 Å². The molecule has 19 heavy (non-hydrogen) atoms. The number of carbonyl (C=O) groups is 2. The Morgan fingerprint density at radius 3 is 2.37 bits per heavy atom. The molecule has 1 aliphatic rings. The maximum atomic E-state index is 12.0. The molecule has 6 nitrogen and oxygen atoms in total. The van der Waals surface area contributed by atoms with Crippen LogP contribution in [0.3, 0.4) is 0 Å². The van der Waals surface area contributed by atoms with Crippen molar-refractivity contribution >= 4 is 11.8 Å². The molecule has 2 aromatic rings. The SMILES string of the molecule is Cc1ocnc1CON1C(=O)c2ccccc2C1=O. The predicted octanol–water partition coefficient (Wildman–Crippen LogP) is 1.71. The molecule has 96 valence electrons. The molecule has 2 amide bonds. The van der Waals surface area contributed by atoms with Gasteiger partial charge in [-0.25, -0.2) is 4.98 Å². The van der Waals surface area contributed by atoms with Crippen LogP contribution in [0.1, 0.15) is 32.2 Å². The maximum absolute atomic E-state index is 12.0. The summed E-state index contributed by atoms with van der Waals surface area (Å²) >= 11 is 0. The van der Waals surface area contributed by atoms with Crippen molar-refractivity contribution in [3.8, 4) is 0 Å². The zero-order chi connectivity index (χ0) is 13.4. The first-order valence-electron chi connectivity index (χ1n) is 5.68. The molecule has 0 spiro atoms. The summed E-state index contributed by atoms with van der Waals surface area (Å²) in [7, 11) is 0. The number of hydrogen-bond acceptors (Lipinski definition) is 5. The number of imide groups is 1. The molecule has 0 saturated carbocycles. The highest BCUT2D eigenvalue weighted by atomic mass is 16.7. The van der Waals surface area contributed by atoms with Crippen molar-refractivity contribution in [3.63, 3.8) is 0 Å². The lowest BCUT2D eigenvalue weighted by molar-refractivity contribution is -0.102. The van der Waals surface area contributed by atoms with Crippen molar-refractivity contribution in [3.05, 3.63) is 53.2 Å². The lowest BCUT2D eigenvalue weighted by atomic mass is 10.1. The zero-order valence-corrected chi connectivity index (χ0v) is 10.1. The van der Waals surface area contributed by atoms with E-state index in [2.05, 4.69) is 4.98 Å². The predicted molar refractivity (Wildman–Crippen MR) is 63.0 cm³/mol. The van der Waals surface area contributed by atoms with Crippen LogP contribution in [-0.2, 0) is 11.4 Å². The summed E-state index contributed by atoms with van der Waals surface area (Å²) in [6, 6.07) is 6.60. The van der Waals surface area contributed by atoms with Crippen LogP contribution >= 0.6 is 0 Å². The van der Waals surface area contributed by atoms with E-state index in [9.17, 15) is 9.59 Å². The monoisotopic (exact) mass is 258 g/mol. The number of hydroxylamine groups is 2. The van der Waals surface area contributed by atoms with Gasteiger partial charge in [-0.1, -0.05) is 12.1 Å². The molecule has 0 fully saturated rings. The van der Waals surface area contributed by atoms with Crippen molar-refractivity contribution in [1.82, 2.24) is 10.0 Å². The van der Waals surface area contributed by atoms with Crippen LogP contribution in [0, 0.1) is 6.92 Å². The van der Waals surface area contributed by atoms with E-state index in [1.807, 2.05) is 0 Å². The lowest BCUT2D eigenvalue weighted by Gasteiger charge is -2.12. The van der Waals surface area contributed by atoms with E-state index in [1.165, 1.54) is 6.39 Å². The number of hydrogen-bond donors (Lipinski definition) is 0. The number of aryl methyl sites for hydroxylation is 1. The normalized spacial score (nSPS) is 14.1. The molecule has 0 saturated heterocycles. The van der Waals surface area contributed by atoms with Crippen LogP contribution in [-0.4, -0.2) is 21.9 Å². The number of benzene rings is 1. The van der Waals surface area contributed by atoms with Crippen LogP contribution in [0.25, 0.3) is 0 Å². The highest BCUT2D eigenvalue weighted by Crippen LogP contribution is 2.23. The molecule has 6 heteroatoms. The zero-order valence-electron chi connectivity index (χ0n) is 10.1. The molecule has 0 radical (unpaired) electrons. The van der Waals surface area contributed by atoms with Gasteiger partial charge in [0.1, 0.15) is 18.1 Å². The standard InChI is InChI=1S/C13H10N2O4/c1-8-11(14-7-18-8)6-19-15-12(16)9-4-2-3-5-10(9)13(15)17/h2-5,7H,6H2,1H3. The van der Waals surface area contributed by atoms with Crippen molar-refractivity contribution in [2.75, 3.05) is 0 Å². The van der Waals surface area contributed by atoms with Gasteiger partial charge in [-0.15, -0.1) is 5.06 Å². The second-order valence-electron chi connectivity index (χ2n) is 4.08. The Kier molecular flexibility index (Phi) is 2.64. The van der Waals surface area contributed by atoms with E-state index in [1.54, 1.807) is 31.2 Å². The number of carbonyl (C=O) groups excluding carboxylic acids is 2. The van der Waals surface area contributed by atoms with E-state index >= 15 is 0 Å². The second kappa shape index (κ2) is 4.33. The fraction of sp³-hybridized carbons (Fsp3) is 0.154. The number of rotatable bonds is 3. The summed E-state index contributed by atoms with van der Waals surface area (Å²) < 4.78 is 5.02. The minimum Gasteiger partial charge on any atom is -0.448 e. The summed E-state index contributed by atoms with van der Waals surface area (Å²) in [5, 5.41) is 0.763. The molecule has 3 rings (SSSR count). The van der Waals surface area contributed by atoms with Crippen LogP contribution < -0.4 is 0 Å². The second-order valence-corrected chi connectivity index (χ2v) is 4.08. The van der Waals surface area contributed by atoms with Crippen molar-refractivity contribution < 1.29 is 18.8 Å². The highest BCUT2D eigenvalue weighted by molar-refractivity contribution is 6.20. The fourth-order valence-corrected chi connectivity index (χ4v) is 1.88. The summed E-state index contributed by atoms with van der Waals surface area (Å²) in [4.78, 5) is 33.2. The van der Waals surface area contributed by atoms with E-state index in [0.29, 0.717) is 22.6 Å². The number of amides is 2. The molecule has 0 aliphatic carbocycles. The van der Waals surface area contributed by atoms with Crippen LogP contribution in [0.2, 0.25) is 0 Å². The Balaban J connectivity index is 1.79. The molecule has 1 aliphatic heterocycles. The number of nitrogens with zero attached hydrogens (tertiary/aromatic N) is 2. The third-order valence-corrected chi connectivity index (χ3v) is 2.93. The van der Waals surface area contributed by atoms with Gasteiger partial charge in [-0.3, -0.25) is 14.4 Å². The van der Waals surface area contributed by atoms with E-state index in [-0.39, 0.29) is 6.61 Å². The molecule has 1 aromatic heterocycles. The first-order valence-corrected chi connectivity index (χ1v) is 5.68. The van der Waals surface area contributed by atoms with Crippen LogP contribution in [0.15, 0.2) is 35.1 Å². The Morgan fingerprint density at radius 2 is 1.84 bits per heavy atom. The summed E-state index contributed by atoms with van der Waals surface area (Å²) in [5.74, 6) is -0.319. The summed E-state index contributed by atoms with van der Waals surface area (Å²) in [6.45, 7) is 1.74. The number of oxazole rings is 1. The molecule has 0 bridgehead atoms. The Labute approximate surface area is 108 Å². The van der Waals surface area contributed by atoms with E-state index in [4.69, 9.17) is 9.25 Å². The minimum atomic E-state index is -0.457. The third-order valence-electron chi connectivity index (χ3n) is 2.93. The van der Waals surface area contributed by atoms with Crippen molar-refractivity contribution in [2.45, 2.75) is 13.5 Å². The van der Waals surface area contributed by atoms with Crippen molar-refractivity contribution in [1.29, 1.82) is 0 Å². The van der Waals surface area contributed by atoms with E-state index in [0.717, 1.165) is 5.06 Å². The fourth-order valence-electron chi connectivity index (χ4n) is 1.88. The summed E-state index contributed by atoms with van der Waals surface area (Å²) in [6.07, 6.45) is 1.29. The molecule has 0 atom stereocenters. The van der Waals surface area contributed by atoms with Crippen molar-refractivity contribution in [2.24, 2.45) is 0 Å². The average Bonchev–Trinajstić information content (AvgIpc) is 2.93. The Bertz CT molecular complexity index is 627. The largest absolute Gasteiger partial charge is 0.448 e. The van der Waals surface area contributed by atoms with Gasteiger partial charge in [-0.2, -0.15) is 0 Å². The topological polar surface area (TPSA) is 72.6 Å². The third kappa shape index (κ3) is 1.82. The van der Waals surface area contributed by atoms with E-state index < -0.39 is 11.8 Å². The van der Waals surface area contributed by atoms with Gasteiger partial charge in [0.2, 0.25) is 0 Å². The van der Waals surface area contributed by atoms with Gasteiger partial charge in [0.25, 0.3) is 11.8 Å². The minimum absolute atomic E-state index is 0.00774. The molecule has 1 aromatic carbocycles. The van der Waals surface area contributed by atoms with Gasteiger partial charge in [0, 0.05) is 0 Å². The van der Waals surface area contributed by atoms with Crippen LogP contribution in [0.4, 0.5) is 0 Å². The molecule has 2 heterocycles. The number of fused-ring (bicyclic) bond motifs is 1. The first-order chi connectivity index (χ1) is 9.18. The molecule has 0 N–H and O–H groups in total. The molecular formula is C13H10N2O4. The summed E-state index contributed by atoms with van der Waals surface area (Å²) in [5.41, 5.74) is 1.25. The molecule has 0 unspecified atom stereocenters. The van der Waals surface area contributed by atoms with Gasteiger partial charge in [-0.05, 0) is 19.1 Å². The molecular weight excluding hydrogens is 248 g/mol. The van der Waals surface area contributed by atoms with Gasteiger partial charge in [0.05, 0.1) is 11.1 Å². The first kappa shape index (κ1) is 11.6. The Morgan fingerprint density at radius 1 is 1.21 bits per heavy atom. The quantitative estimate of drug-likeness (QED) is 0.783. The Hall–Kier alpha value is -2.47.